The van der Waals surface area contributed by atoms with Gasteiger partial charge in [-0.05, 0) is 56.7 Å². The first-order chi connectivity index (χ1) is 25.0. The van der Waals surface area contributed by atoms with Crippen molar-refractivity contribution < 1.29 is 28.7 Å². The van der Waals surface area contributed by atoms with Crippen LogP contribution in [-0.4, -0.2) is 136 Å². The number of amides is 4. The third-order valence-electron chi connectivity index (χ3n) is 10.9. The maximum atomic E-state index is 14.2. The molecule has 0 aromatic heterocycles. The molecule has 2 rings (SSSR count). The van der Waals surface area contributed by atoms with Gasteiger partial charge in [0.15, 0.2) is 0 Å². The van der Waals surface area contributed by atoms with Crippen LogP contribution >= 0.6 is 0 Å². The van der Waals surface area contributed by atoms with Crippen molar-refractivity contribution in [3.05, 3.63) is 35.9 Å². The first-order valence-electron chi connectivity index (χ1n) is 19.4. The fourth-order valence-corrected chi connectivity index (χ4v) is 7.91. The molecule has 1 aromatic carbocycles. The van der Waals surface area contributed by atoms with Gasteiger partial charge in [-0.2, -0.15) is 0 Å². The summed E-state index contributed by atoms with van der Waals surface area (Å²) in [5, 5.41) is 6.18. The number of likely N-dealkylation sites (tertiary alicyclic amines) is 1. The van der Waals surface area contributed by atoms with Crippen LogP contribution in [0.4, 0.5) is 0 Å². The van der Waals surface area contributed by atoms with Crippen LogP contribution in [0.15, 0.2) is 35.3 Å². The van der Waals surface area contributed by atoms with E-state index in [0.717, 1.165) is 18.4 Å². The Morgan fingerprint density at radius 3 is 2.09 bits per heavy atom. The number of likely N-dealkylation sites (N-methyl/N-ethyl adjacent to an activating group) is 2. The summed E-state index contributed by atoms with van der Waals surface area (Å²) in [6.07, 6.45) is 3.52. The highest BCUT2D eigenvalue weighted by Crippen LogP contribution is 2.30. The average Bonchev–Trinajstić information content (AvgIpc) is 3.59. The molecule has 9 atom stereocenters. The van der Waals surface area contributed by atoms with E-state index in [2.05, 4.69) is 29.5 Å². The first kappa shape index (κ1) is 45.8. The predicted octanol–water partition coefficient (Wildman–Crippen LogP) is 4.06. The summed E-state index contributed by atoms with van der Waals surface area (Å²) in [6.45, 7) is 14.3. The number of nitrogens with zero attached hydrogens (tertiary/aromatic N) is 4. The third-order valence-corrected chi connectivity index (χ3v) is 10.9. The van der Waals surface area contributed by atoms with Crippen LogP contribution in [0.2, 0.25) is 0 Å². The van der Waals surface area contributed by atoms with Crippen molar-refractivity contribution in [3.8, 4) is 0 Å². The lowest BCUT2D eigenvalue weighted by atomic mass is 9.89. The molecule has 0 radical (unpaired) electrons. The van der Waals surface area contributed by atoms with Gasteiger partial charge in [0.1, 0.15) is 6.04 Å². The van der Waals surface area contributed by atoms with Gasteiger partial charge in [-0.3, -0.25) is 29.1 Å². The Balaban J connectivity index is 2.27. The molecular formula is C41H70N6O6. The van der Waals surface area contributed by atoms with Crippen molar-refractivity contribution in [3.63, 3.8) is 0 Å². The fourth-order valence-electron chi connectivity index (χ4n) is 7.91. The Morgan fingerprint density at radius 1 is 0.943 bits per heavy atom. The standard InChI is InChI=1S/C41H70N6O6/c1-14-28(6)37(46(11)41(51)35(26(2)3)44-40(50)36(27(4)5)45(9)10)33(52-12)24-34(48)47-22-18-21-32(47)38(53-13)29(7)39(49)43-31(25-42-8)23-30-19-16-15-17-20-30/h15-17,19-20,25-29,31-33,35-38H,14,18,21-24H2,1-13H3,(H,43,49)(H,44,50). The molecule has 0 bridgehead atoms. The quantitative estimate of drug-likeness (QED) is 0.182. The minimum atomic E-state index is -0.748. The topological polar surface area (TPSA) is 133 Å². The Kier molecular flexibility index (Phi) is 19.1. The molecule has 1 fully saturated rings. The molecule has 2 N–H and O–H groups in total. The minimum absolute atomic E-state index is 0.00397. The number of ether oxygens (including phenoxy) is 2. The highest BCUT2D eigenvalue weighted by Gasteiger charge is 2.43. The highest BCUT2D eigenvalue weighted by molar-refractivity contribution is 5.90. The molecular weight excluding hydrogens is 672 g/mol. The van der Waals surface area contributed by atoms with Gasteiger partial charge < -0.3 is 29.9 Å². The number of aliphatic imine (C=N–C) groups is 1. The zero-order chi connectivity index (χ0) is 40.0. The van der Waals surface area contributed by atoms with Gasteiger partial charge in [0.25, 0.3) is 0 Å². The van der Waals surface area contributed by atoms with Gasteiger partial charge >= 0.3 is 0 Å². The number of carbonyl (C=O) groups is 4. The second kappa shape index (κ2) is 22.1. The van der Waals surface area contributed by atoms with Gasteiger partial charge in [0.05, 0.1) is 48.7 Å². The van der Waals surface area contributed by atoms with Crippen molar-refractivity contribution in [1.29, 1.82) is 0 Å². The smallest absolute Gasteiger partial charge is 0.245 e. The molecule has 12 nitrogen and oxygen atoms in total. The maximum absolute atomic E-state index is 14.2. The summed E-state index contributed by atoms with van der Waals surface area (Å²) >= 11 is 0. The van der Waals surface area contributed by atoms with E-state index in [4.69, 9.17) is 9.47 Å². The molecule has 0 spiro atoms. The largest absolute Gasteiger partial charge is 0.379 e. The molecule has 53 heavy (non-hydrogen) atoms. The van der Waals surface area contributed by atoms with Gasteiger partial charge in [0, 0.05) is 41.1 Å². The Labute approximate surface area is 319 Å². The molecule has 300 valence electrons. The van der Waals surface area contributed by atoms with Crippen LogP contribution in [0.5, 0.6) is 0 Å². The highest BCUT2D eigenvalue weighted by atomic mass is 16.5. The molecule has 1 heterocycles. The monoisotopic (exact) mass is 743 g/mol. The van der Waals surface area contributed by atoms with E-state index < -0.39 is 30.2 Å². The summed E-state index contributed by atoms with van der Waals surface area (Å²) in [7, 11) is 10.3. The summed E-state index contributed by atoms with van der Waals surface area (Å²) in [4.78, 5) is 65.1. The molecule has 0 saturated carbocycles. The Bertz CT molecular complexity index is 1320. The molecule has 1 aliphatic heterocycles. The lowest BCUT2D eigenvalue weighted by Gasteiger charge is -2.41. The second-order valence-corrected chi connectivity index (χ2v) is 15.7. The van der Waals surface area contributed by atoms with E-state index in [0.29, 0.717) is 19.4 Å². The number of hydrogen-bond donors (Lipinski definition) is 2. The van der Waals surface area contributed by atoms with E-state index >= 15 is 0 Å². The zero-order valence-electron chi connectivity index (χ0n) is 34.8. The molecule has 0 aliphatic carbocycles. The third kappa shape index (κ3) is 12.6. The minimum Gasteiger partial charge on any atom is -0.379 e. The fraction of sp³-hybridized carbons (Fsp3) is 0.732. The van der Waals surface area contributed by atoms with Crippen LogP contribution in [0.25, 0.3) is 0 Å². The van der Waals surface area contributed by atoms with Crippen LogP contribution in [0.1, 0.15) is 79.7 Å². The summed E-state index contributed by atoms with van der Waals surface area (Å²) in [5.41, 5.74) is 1.09. The van der Waals surface area contributed by atoms with E-state index in [1.807, 2.05) is 88.8 Å². The van der Waals surface area contributed by atoms with Gasteiger partial charge in [0.2, 0.25) is 23.6 Å². The number of methoxy groups -OCH3 is 2. The second-order valence-electron chi connectivity index (χ2n) is 15.7. The van der Waals surface area contributed by atoms with E-state index in [-0.39, 0.29) is 65.9 Å². The van der Waals surface area contributed by atoms with Crippen LogP contribution in [-0.2, 0) is 35.1 Å². The number of carbonyl (C=O) groups excluding carboxylic acids is 4. The first-order valence-corrected chi connectivity index (χ1v) is 19.4. The average molecular weight is 743 g/mol. The molecule has 4 amide bonds. The van der Waals surface area contributed by atoms with Crippen molar-refractivity contribution in [2.45, 2.75) is 123 Å². The SMILES string of the molecule is CCC(C)C(C(CC(=O)N1CCCC1C(OC)C(C)C(=O)NC(C=NC)Cc1ccccc1)OC)N(C)C(=O)C(NC(=O)C(C(C)C)N(C)C)C(C)C. The van der Waals surface area contributed by atoms with Gasteiger partial charge in [-0.15, -0.1) is 0 Å². The van der Waals surface area contributed by atoms with E-state index in [1.54, 1.807) is 39.4 Å². The van der Waals surface area contributed by atoms with E-state index in [1.165, 1.54) is 0 Å². The maximum Gasteiger partial charge on any atom is 0.245 e. The Hall–Kier alpha value is -3.35. The molecule has 1 saturated heterocycles. The lowest BCUT2D eigenvalue weighted by molar-refractivity contribution is -0.148. The Morgan fingerprint density at radius 2 is 1.58 bits per heavy atom. The number of nitrogens with one attached hydrogen (secondary N) is 2. The van der Waals surface area contributed by atoms with Crippen molar-refractivity contribution in [2.75, 3.05) is 49.0 Å². The van der Waals surface area contributed by atoms with Crippen LogP contribution in [0, 0.1) is 23.7 Å². The van der Waals surface area contributed by atoms with Crippen LogP contribution in [0.3, 0.4) is 0 Å². The van der Waals surface area contributed by atoms with Crippen molar-refractivity contribution in [2.24, 2.45) is 28.7 Å². The number of benzene rings is 1. The van der Waals surface area contributed by atoms with E-state index in [9.17, 15) is 19.2 Å². The number of rotatable bonds is 21. The zero-order valence-corrected chi connectivity index (χ0v) is 34.8. The van der Waals surface area contributed by atoms with Crippen molar-refractivity contribution >= 4 is 29.8 Å². The molecule has 12 heteroatoms. The predicted molar refractivity (Wildman–Crippen MR) is 212 cm³/mol. The summed E-state index contributed by atoms with van der Waals surface area (Å²) in [6, 6.07) is 7.79. The number of hydrogen-bond acceptors (Lipinski definition) is 8. The molecule has 1 aromatic rings. The normalized spacial score (nSPS) is 19.5. The summed E-state index contributed by atoms with van der Waals surface area (Å²) in [5.74, 6) is -1.33. The van der Waals surface area contributed by atoms with Gasteiger partial charge in [-0.1, -0.05) is 85.2 Å². The molecule has 9 unspecified atom stereocenters. The summed E-state index contributed by atoms with van der Waals surface area (Å²) < 4.78 is 12.0. The van der Waals surface area contributed by atoms with Crippen molar-refractivity contribution in [1.82, 2.24) is 25.3 Å². The van der Waals surface area contributed by atoms with Gasteiger partial charge in [-0.25, -0.2) is 0 Å². The van der Waals surface area contributed by atoms with Crippen LogP contribution < -0.4 is 10.6 Å². The molecule has 1 aliphatic rings. The lowest BCUT2D eigenvalue weighted by Crippen LogP contribution is -2.59.